The van der Waals surface area contributed by atoms with E-state index in [1.807, 2.05) is 12.1 Å². The van der Waals surface area contributed by atoms with Crippen LogP contribution in [0.15, 0.2) is 83.3 Å². The molecule has 0 fully saturated rings. The second kappa shape index (κ2) is 14.4. The van der Waals surface area contributed by atoms with Gasteiger partial charge in [-0.25, -0.2) is 4.79 Å². The molecule has 0 atom stereocenters. The van der Waals surface area contributed by atoms with Gasteiger partial charge in [-0.1, -0.05) is 99.7 Å². The summed E-state index contributed by atoms with van der Waals surface area (Å²) in [7, 11) is 0. The van der Waals surface area contributed by atoms with Gasteiger partial charge in [0.2, 0.25) is 0 Å². The third-order valence-corrected chi connectivity index (χ3v) is 5.43. The second-order valence-corrected chi connectivity index (χ2v) is 8.15. The molecule has 0 heterocycles. The summed E-state index contributed by atoms with van der Waals surface area (Å²) in [5, 5.41) is 8.86. The SMILES string of the molecule is CCCCCCCCOc1ccc(C(=O)O)cc1Br.c1ccc(-c2ccccc2)cc1. The van der Waals surface area contributed by atoms with Gasteiger partial charge in [-0.15, -0.1) is 0 Å². The number of carboxylic acid groups (broad SMARTS) is 1. The monoisotopic (exact) mass is 482 g/mol. The van der Waals surface area contributed by atoms with Gasteiger partial charge in [0.25, 0.3) is 0 Å². The largest absolute Gasteiger partial charge is 0.492 e. The maximum Gasteiger partial charge on any atom is 0.335 e. The molecule has 31 heavy (non-hydrogen) atoms. The Balaban J connectivity index is 0.000000242. The zero-order chi connectivity index (χ0) is 22.3. The maximum atomic E-state index is 10.8. The quantitative estimate of drug-likeness (QED) is 0.296. The van der Waals surface area contributed by atoms with Gasteiger partial charge in [0.1, 0.15) is 5.75 Å². The molecule has 0 saturated heterocycles. The Labute approximate surface area is 194 Å². The van der Waals surface area contributed by atoms with Gasteiger partial charge in [-0.2, -0.15) is 0 Å². The van der Waals surface area contributed by atoms with E-state index in [1.165, 1.54) is 43.2 Å². The van der Waals surface area contributed by atoms with Gasteiger partial charge in [0, 0.05) is 0 Å². The van der Waals surface area contributed by atoms with Gasteiger partial charge in [-0.3, -0.25) is 0 Å². The van der Waals surface area contributed by atoms with Crippen molar-refractivity contribution in [2.45, 2.75) is 45.4 Å². The number of unbranched alkanes of at least 4 members (excludes halogenated alkanes) is 5. The normalized spacial score (nSPS) is 10.1. The molecule has 0 bridgehead atoms. The lowest BCUT2D eigenvalue weighted by molar-refractivity contribution is 0.0696. The van der Waals surface area contributed by atoms with Crippen LogP contribution in [0.1, 0.15) is 55.8 Å². The second-order valence-electron chi connectivity index (χ2n) is 7.30. The van der Waals surface area contributed by atoms with Crippen LogP contribution in [0.4, 0.5) is 0 Å². The summed E-state index contributed by atoms with van der Waals surface area (Å²) < 4.78 is 6.33. The molecule has 0 saturated carbocycles. The van der Waals surface area contributed by atoms with E-state index in [0.29, 0.717) is 16.8 Å². The minimum Gasteiger partial charge on any atom is -0.492 e. The highest BCUT2D eigenvalue weighted by Crippen LogP contribution is 2.26. The fraction of sp³-hybridized carbons (Fsp3) is 0.296. The lowest BCUT2D eigenvalue weighted by atomic mass is 10.1. The summed E-state index contributed by atoms with van der Waals surface area (Å²) in [5.74, 6) is -0.221. The summed E-state index contributed by atoms with van der Waals surface area (Å²) in [4.78, 5) is 10.8. The number of hydrogen-bond donors (Lipinski definition) is 1. The molecule has 4 heteroatoms. The molecule has 3 aromatic carbocycles. The van der Waals surface area contributed by atoms with Crippen LogP contribution in [0.5, 0.6) is 5.75 Å². The number of hydrogen-bond acceptors (Lipinski definition) is 2. The van der Waals surface area contributed by atoms with Crippen molar-refractivity contribution in [3.8, 4) is 16.9 Å². The predicted octanol–water partition coefficient (Wildman–Crippen LogP) is 8.24. The molecule has 3 nitrogen and oxygen atoms in total. The predicted molar refractivity (Wildman–Crippen MR) is 132 cm³/mol. The molecular formula is C27H31BrO3. The lowest BCUT2D eigenvalue weighted by Gasteiger charge is -2.08. The molecule has 0 aliphatic heterocycles. The van der Waals surface area contributed by atoms with E-state index in [2.05, 4.69) is 71.4 Å². The van der Waals surface area contributed by atoms with E-state index in [-0.39, 0.29) is 5.56 Å². The van der Waals surface area contributed by atoms with Crippen LogP contribution < -0.4 is 4.74 Å². The van der Waals surface area contributed by atoms with Crippen LogP contribution in [-0.2, 0) is 0 Å². The average molecular weight is 483 g/mol. The molecule has 1 N–H and O–H groups in total. The van der Waals surface area contributed by atoms with Crippen molar-refractivity contribution in [3.05, 3.63) is 88.9 Å². The Kier molecular flexibility index (Phi) is 11.5. The molecule has 0 spiro atoms. The lowest BCUT2D eigenvalue weighted by Crippen LogP contribution is -2.00. The Bertz CT molecular complexity index is 857. The van der Waals surface area contributed by atoms with Crippen LogP contribution in [0.25, 0.3) is 11.1 Å². The molecule has 0 aliphatic rings. The van der Waals surface area contributed by atoms with E-state index in [4.69, 9.17) is 9.84 Å². The van der Waals surface area contributed by atoms with Gasteiger partial charge < -0.3 is 9.84 Å². The average Bonchev–Trinajstić information content (AvgIpc) is 2.81. The summed E-state index contributed by atoms with van der Waals surface area (Å²) in [6.45, 7) is 2.89. The highest BCUT2D eigenvalue weighted by molar-refractivity contribution is 9.10. The number of carboxylic acids is 1. The van der Waals surface area contributed by atoms with Crippen molar-refractivity contribution in [1.82, 2.24) is 0 Å². The van der Waals surface area contributed by atoms with Crippen molar-refractivity contribution in [1.29, 1.82) is 0 Å². The summed E-state index contributed by atoms with van der Waals surface area (Å²) >= 11 is 3.33. The molecule has 3 aromatic rings. The number of aromatic carboxylic acids is 1. The first-order valence-electron chi connectivity index (χ1n) is 10.9. The number of halogens is 1. The van der Waals surface area contributed by atoms with Crippen molar-refractivity contribution < 1.29 is 14.6 Å². The first kappa shape index (κ1) is 24.7. The van der Waals surface area contributed by atoms with E-state index >= 15 is 0 Å². The number of benzene rings is 3. The van der Waals surface area contributed by atoms with Crippen LogP contribution in [0.3, 0.4) is 0 Å². The Morgan fingerprint density at radius 2 is 1.35 bits per heavy atom. The summed E-state index contributed by atoms with van der Waals surface area (Å²) in [6.07, 6.45) is 7.36. The number of carbonyl (C=O) groups is 1. The number of rotatable bonds is 10. The van der Waals surface area contributed by atoms with Gasteiger partial charge in [-0.05, 0) is 51.7 Å². The van der Waals surface area contributed by atoms with E-state index in [0.717, 1.165) is 6.42 Å². The third kappa shape index (κ3) is 9.39. The van der Waals surface area contributed by atoms with Crippen molar-refractivity contribution in [2.24, 2.45) is 0 Å². The third-order valence-electron chi connectivity index (χ3n) is 4.82. The van der Waals surface area contributed by atoms with Crippen LogP contribution in [0.2, 0.25) is 0 Å². The van der Waals surface area contributed by atoms with E-state index < -0.39 is 5.97 Å². The standard InChI is InChI=1S/C15H21BrO3.C12H10/c1-2-3-4-5-6-7-10-19-14-9-8-12(15(17)18)11-13(14)16;1-3-7-11(8-4-1)12-9-5-2-6-10-12/h8-9,11H,2-7,10H2,1H3,(H,17,18);1-10H. The molecule has 0 amide bonds. The Morgan fingerprint density at radius 3 is 1.87 bits per heavy atom. The van der Waals surface area contributed by atoms with Gasteiger partial charge >= 0.3 is 5.97 Å². The minimum atomic E-state index is -0.928. The number of ether oxygens (including phenoxy) is 1. The minimum absolute atomic E-state index is 0.263. The fourth-order valence-electron chi connectivity index (χ4n) is 3.08. The first-order chi connectivity index (χ1) is 15.1. The molecule has 0 aliphatic carbocycles. The summed E-state index contributed by atoms with van der Waals surface area (Å²) in [6, 6.07) is 25.6. The van der Waals surface area contributed by atoms with Crippen LogP contribution >= 0.6 is 15.9 Å². The smallest absolute Gasteiger partial charge is 0.335 e. The molecule has 164 valence electrons. The van der Waals surface area contributed by atoms with E-state index in [1.54, 1.807) is 18.2 Å². The maximum absolute atomic E-state index is 10.8. The first-order valence-corrected chi connectivity index (χ1v) is 11.7. The molecule has 3 rings (SSSR count). The zero-order valence-corrected chi connectivity index (χ0v) is 19.7. The Morgan fingerprint density at radius 1 is 0.806 bits per heavy atom. The van der Waals surface area contributed by atoms with Crippen LogP contribution in [-0.4, -0.2) is 17.7 Å². The topological polar surface area (TPSA) is 46.5 Å². The fourth-order valence-corrected chi connectivity index (χ4v) is 3.57. The molecule has 0 radical (unpaired) electrons. The molecular weight excluding hydrogens is 452 g/mol. The van der Waals surface area contributed by atoms with Crippen molar-refractivity contribution in [3.63, 3.8) is 0 Å². The van der Waals surface area contributed by atoms with E-state index in [9.17, 15) is 4.79 Å². The molecule has 0 aromatic heterocycles. The highest BCUT2D eigenvalue weighted by atomic mass is 79.9. The van der Waals surface area contributed by atoms with Gasteiger partial charge in [0.15, 0.2) is 0 Å². The van der Waals surface area contributed by atoms with Crippen LogP contribution in [0, 0.1) is 0 Å². The van der Waals surface area contributed by atoms with Gasteiger partial charge in [0.05, 0.1) is 16.6 Å². The molecule has 0 unspecified atom stereocenters. The highest BCUT2D eigenvalue weighted by Gasteiger charge is 2.07. The summed E-state index contributed by atoms with van der Waals surface area (Å²) in [5.41, 5.74) is 2.81. The zero-order valence-electron chi connectivity index (χ0n) is 18.1. The van der Waals surface area contributed by atoms with Crippen molar-refractivity contribution >= 4 is 21.9 Å². The Hall–Kier alpha value is -2.59. The van der Waals surface area contributed by atoms with Crippen molar-refractivity contribution in [2.75, 3.05) is 6.61 Å².